The molecule has 0 unspecified atom stereocenters. The fourth-order valence-corrected chi connectivity index (χ4v) is 5.91. The van der Waals surface area contributed by atoms with Crippen molar-refractivity contribution in [1.82, 2.24) is 9.80 Å². The Hall–Kier alpha value is -2.96. The van der Waals surface area contributed by atoms with Gasteiger partial charge in [-0.2, -0.15) is 0 Å². The van der Waals surface area contributed by atoms with E-state index in [2.05, 4.69) is 24.3 Å². The van der Waals surface area contributed by atoms with Gasteiger partial charge in [-0.1, -0.05) is 53.6 Å². The minimum Gasteiger partial charge on any atom is -0.361 e. The number of aryl methyl sites for hydroxylation is 2. The van der Waals surface area contributed by atoms with Crippen molar-refractivity contribution in [3.63, 3.8) is 0 Å². The summed E-state index contributed by atoms with van der Waals surface area (Å²) in [6.07, 6.45) is 0. The highest BCUT2D eigenvalue weighted by Crippen LogP contribution is 2.43. The quantitative estimate of drug-likeness (QED) is 0.580. The molecule has 0 bridgehead atoms. The summed E-state index contributed by atoms with van der Waals surface area (Å²) < 4.78 is 6.34. The van der Waals surface area contributed by atoms with E-state index in [1.807, 2.05) is 60.5 Å². The van der Waals surface area contributed by atoms with Gasteiger partial charge in [-0.25, -0.2) is 0 Å². The first kappa shape index (κ1) is 21.9. The molecule has 2 fully saturated rings. The number of hydrogen-bond acceptors (Lipinski definition) is 4. The Balaban J connectivity index is 1.48. The molecule has 2 saturated heterocycles. The second-order valence-corrected chi connectivity index (χ2v) is 10.1. The molecule has 2 atom stereocenters. The van der Waals surface area contributed by atoms with Crippen LogP contribution in [-0.4, -0.2) is 53.5 Å². The molecule has 0 saturated carbocycles. The van der Waals surface area contributed by atoms with Crippen LogP contribution < -0.4 is 0 Å². The van der Waals surface area contributed by atoms with Gasteiger partial charge in [-0.3, -0.25) is 9.59 Å². The number of amides is 2. The monoisotopic (exact) mass is 460 g/mol. The van der Waals surface area contributed by atoms with Crippen LogP contribution in [0.4, 0.5) is 0 Å². The summed E-state index contributed by atoms with van der Waals surface area (Å²) in [5.41, 5.74) is 2.79. The average Bonchev–Trinajstić information content (AvgIpc) is 3.42. The van der Waals surface area contributed by atoms with E-state index in [9.17, 15) is 9.59 Å². The molecule has 3 heterocycles. The smallest absolute Gasteiger partial charge is 0.257 e. The molecule has 0 radical (unpaired) electrons. The van der Waals surface area contributed by atoms with E-state index in [1.165, 1.54) is 0 Å². The molecule has 2 aliphatic rings. The standard InChI is InChI=1S/C27H28N2O3S/c1-19-13-20(2)15-22(14-19)25(30)28-10-11-32-27(18-28)24(21-7-4-3-5-8-21)17-29(26(27)31)16-23-9-6-12-33-23/h3-9,12-15,24H,10-11,16-18H2,1-2H3/t24-,27+/m1/s1. The number of rotatable bonds is 4. The lowest BCUT2D eigenvalue weighted by molar-refractivity contribution is -0.160. The van der Waals surface area contributed by atoms with Crippen molar-refractivity contribution < 1.29 is 14.3 Å². The van der Waals surface area contributed by atoms with E-state index in [0.717, 1.165) is 21.6 Å². The molecule has 2 amide bonds. The Morgan fingerprint density at radius 1 is 1.09 bits per heavy atom. The molecular formula is C27H28N2O3S. The van der Waals surface area contributed by atoms with E-state index in [0.29, 0.717) is 31.8 Å². The number of nitrogens with zero attached hydrogens (tertiary/aromatic N) is 2. The summed E-state index contributed by atoms with van der Waals surface area (Å²) in [7, 11) is 0. The van der Waals surface area contributed by atoms with E-state index >= 15 is 0 Å². The van der Waals surface area contributed by atoms with E-state index in [1.54, 1.807) is 16.2 Å². The van der Waals surface area contributed by atoms with Crippen LogP contribution in [0.1, 0.15) is 37.8 Å². The Bertz CT molecular complexity index is 1140. The third-order valence-corrected chi connectivity index (χ3v) is 7.51. The highest BCUT2D eigenvalue weighted by atomic mass is 32.1. The fourth-order valence-electron chi connectivity index (χ4n) is 5.19. The highest BCUT2D eigenvalue weighted by Gasteiger charge is 2.58. The molecule has 0 aliphatic carbocycles. The highest BCUT2D eigenvalue weighted by molar-refractivity contribution is 7.09. The number of morpholine rings is 1. The molecular weight excluding hydrogens is 432 g/mol. The van der Waals surface area contributed by atoms with Gasteiger partial charge < -0.3 is 14.5 Å². The molecule has 6 heteroatoms. The number of carbonyl (C=O) groups is 2. The topological polar surface area (TPSA) is 49.9 Å². The summed E-state index contributed by atoms with van der Waals surface area (Å²) in [4.78, 5) is 32.2. The summed E-state index contributed by atoms with van der Waals surface area (Å²) in [5.74, 6) is -0.204. The van der Waals surface area contributed by atoms with Crippen LogP contribution in [0.15, 0.2) is 66.0 Å². The van der Waals surface area contributed by atoms with Gasteiger partial charge in [0.25, 0.3) is 11.8 Å². The second kappa shape index (κ2) is 8.76. The molecule has 5 rings (SSSR count). The minimum atomic E-state index is -1.06. The predicted octanol–water partition coefficient (Wildman–Crippen LogP) is 4.40. The summed E-state index contributed by atoms with van der Waals surface area (Å²) in [5, 5.41) is 2.03. The maximum Gasteiger partial charge on any atom is 0.257 e. The molecule has 33 heavy (non-hydrogen) atoms. The Kier molecular flexibility index (Phi) is 5.81. The van der Waals surface area contributed by atoms with Crippen LogP contribution >= 0.6 is 11.3 Å². The van der Waals surface area contributed by atoms with Gasteiger partial charge in [0.1, 0.15) is 0 Å². The fraction of sp³-hybridized carbons (Fsp3) is 0.333. The van der Waals surface area contributed by atoms with Crippen molar-refractivity contribution in [1.29, 1.82) is 0 Å². The number of thiophene rings is 1. The third-order valence-electron chi connectivity index (χ3n) is 6.65. The average molecular weight is 461 g/mol. The van der Waals surface area contributed by atoms with Crippen LogP contribution in [0.2, 0.25) is 0 Å². The molecule has 5 nitrogen and oxygen atoms in total. The Morgan fingerprint density at radius 3 is 2.55 bits per heavy atom. The van der Waals surface area contributed by atoms with E-state index in [4.69, 9.17) is 4.74 Å². The molecule has 3 aromatic rings. The van der Waals surface area contributed by atoms with Crippen molar-refractivity contribution in [2.45, 2.75) is 31.9 Å². The van der Waals surface area contributed by atoms with Crippen molar-refractivity contribution >= 4 is 23.2 Å². The Morgan fingerprint density at radius 2 is 1.85 bits per heavy atom. The van der Waals surface area contributed by atoms with E-state index in [-0.39, 0.29) is 24.3 Å². The summed E-state index contributed by atoms with van der Waals surface area (Å²) in [6.45, 7) is 6.23. The summed E-state index contributed by atoms with van der Waals surface area (Å²) >= 11 is 1.65. The van der Waals surface area contributed by atoms with Gasteiger partial charge in [-0.15, -0.1) is 11.3 Å². The maximum atomic E-state index is 13.9. The number of benzene rings is 2. The van der Waals surface area contributed by atoms with Gasteiger partial charge >= 0.3 is 0 Å². The normalized spacial score (nSPS) is 22.8. The van der Waals surface area contributed by atoms with E-state index < -0.39 is 5.60 Å². The lowest BCUT2D eigenvalue weighted by Crippen LogP contribution is -2.59. The van der Waals surface area contributed by atoms with Crippen molar-refractivity contribution in [3.05, 3.63) is 93.2 Å². The maximum absolute atomic E-state index is 13.9. The van der Waals surface area contributed by atoms with Crippen LogP contribution in [0, 0.1) is 13.8 Å². The van der Waals surface area contributed by atoms with Gasteiger partial charge in [0, 0.05) is 29.4 Å². The van der Waals surface area contributed by atoms with Gasteiger partial charge in [0.2, 0.25) is 0 Å². The molecule has 0 N–H and O–H groups in total. The second-order valence-electron chi connectivity index (χ2n) is 9.07. The number of carbonyl (C=O) groups excluding carboxylic acids is 2. The van der Waals surface area contributed by atoms with Crippen LogP contribution in [-0.2, 0) is 16.1 Å². The van der Waals surface area contributed by atoms with Gasteiger partial charge in [0.15, 0.2) is 5.60 Å². The van der Waals surface area contributed by atoms with Crippen LogP contribution in [0.25, 0.3) is 0 Å². The Labute approximate surface area is 198 Å². The van der Waals surface area contributed by atoms with Crippen molar-refractivity contribution in [2.24, 2.45) is 0 Å². The zero-order valence-electron chi connectivity index (χ0n) is 19.0. The minimum absolute atomic E-state index is 0.0253. The summed E-state index contributed by atoms with van der Waals surface area (Å²) in [6, 6.07) is 20.1. The molecule has 1 spiro atoms. The van der Waals surface area contributed by atoms with Crippen LogP contribution in [0.5, 0.6) is 0 Å². The zero-order valence-corrected chi connectivity index (χ0v) is 19.8. The molecule has 170 valence electrons. The SMILES string of the molecule is Cc1cc(C)cc(C(=O)N2CCO[C@]3(C2)C(=O)N(Cc2cccs2)C[C@@H]3c2ccccc2)c1. The molecule has 2 aliphatic heterocycles. The van der Waals surface area contributed by atoms with Crippen LogP contribution in [0.3, 0.4) is 0 Å². The molecule has 1 aromatic heterocycles. The zero-order chi connectivity index (χ0) is 23.0. The van der Waals surface area contributed by atoms with Crippen molar-refractivity contribution in [3.8, 4) is 0 Å². The predicted molar refractivity (Wildman–Crippen MR) is 129 cm³/mol. The number of likely N-dealkylation sites (tertiary alicyclic amines) is 1. The largest absolute Gasteiger partial charge is 0.361 e. The first-order valence-electron chi connectivity index (χ1n) is 11.3. The molecule has 2 aromatic carbocycles. The lowest BCUT2D eigenvalue weighted by Gasteiger charge is -2.42. The lowest BCUT2D eigenvalue weighted by atomic mass is 9.83. The first-order valence-corrected chi connectivity index (χ1v) is 12.2. The third kappa shape index (κ3) is 4.09. The number of hydrogen-bond donors (Lipinski definition) is 0. The van der Waals surface area contributed by atoms with Gasteiger partial charge in [-0.05, 0) is 43.0 Å². The first-order chi connectivity index (χ1) is 16.0. The number of ether oxygens (including phenoxy) is 1. The van der Waals surface area contributed by atoms with Gasteiger partial charge in [0.05, 0.1) is 19.7 Å². The van der Waals surface area contributed by atoms with Crippen molar-refractivity contribution in [2.75, 3.05) is 26.2 Å².